The topological polar surface area (TPSA) is 37.3 Å². The van der Waals surface area contributed by atoms with Gasteiger partial charge in [-0.2, -0.15) is 8.78 Å². The van der Waals surface area contributed by atoms with Gasteiger partial charge in [0.1, 0.15) is 0 Å². The van der Waals surface area contributed by atoms with Crippen molar-refractivity contribution in [2.45, 2.75) is 5.66 Å². The van der Waals surface area contributed by atoms with E-state index in [4.69, 9.17) is 5.11 Å². The Morgan fingerprint density at radius 3 is 1.58 bits per heavy atom. The molecule has 0 saturated heterocycles. The molecular formula is C14H11F2O2P. The third-order valence-electron chi connectivity index (χ3n) is 2.57. The lowest BCUT2D eigenvalue weighted by molar-refractivity contribution is -0.153. The summed E-state index contributed by atoms with van der Waals surface area (Å²) in [5, 5.41) is 9.49. The number of alkyl halides is 2. The summed E-state index contributed by atoms with van der Waals surface area (Å²) in [4.78, 5) is 10.9. The molecule has 0 saturated carbocycles. The van der Waals surface area contributed by atoms with Crippen molar-refractivity contribution < 1.29 is 18.7 Å². The summed E-state index contributed by atoms with van der Waals surface area (Å²) in [5.41, 5.74) is -3.79. The van der Waals surface area contributed by atoms with Crippen molar-refractivity contribution in [2.75, 3.05) is 0 Å². The van der Waals surface area contributed by atoms with E-state index in [9.17, 15) is 13.6 Å². The van der Waals surface area contributed by atoms with Crippen LogP contribution >= 0.6 is 7.92 Å². The van der Waals surface area contributed by atoms with Gasteiger partial charge >= 0.3 is 11.6 Å². The van der Waals surface area contributed by atoms with Gasteiger partial charge < -0.3 is 5.11 Å². The molecule has 0 bridgehead atoms. The van der Waals surface area contributed by atoms with Crippen molar-refractivity contribution in [2.24, 2.45) is 0 Å². The van der Waals surface area contributed by atoms with Gasteiger partial charge in [0.2, 0.25) is 0 Å². The van der Waals surface area contributed by atoms with Gasteiger partial charge in [-0.25, -0.2) is 4.79 Å². The number of carbonyl (C=O) groups is 1. The first-order valence-electron chi connectivity index (χ1n) is 5.55. The van der Waals surface area contributed by atoms with Crippen molar-refractivity contribution in [3.8, 4) is 0 Å². The summed E-state index contributed by atoms with van der Waals surface area (Å²) in [6, 6.07) is 16.1. The normalized spacial score (nSPS) is 11.5. The largest absolute Gasteiger partial charge is 0.477 e. The van der Waals surface area contributed by atoms with Crippen molar-refractivity contribution in [3.05, 3.63) is 60.7 Å². The number of rotatable bonds is 4. The second-order valence-electron chi connectivity index (χ2n) is 3.85. The highest BCUT2D eigenvalue weighted by Crippen LogP contribution is 2.50. The first-order chi connectivity index (χ1) is 9.03. The second-order valence-corrected chi connectivity index (χ2v) is 6.12. The quantitative estimate of drug-likeness (QED) is 0.874. The third-order valence-corrected chi connectivity index (χ3v) is 4.95. The fraction of sp³-hybridized carbons (Fsp3) is 0.0714. The Kier molecular flexibility index (Phi) is 3.91. The molecule has 0 aliphatic heterocycles. The van der Waals surface area contributed by atoms with Gasteiger partial charge in [-0.3, -0.25) is 0 Å². The molecule has 0 aliphatic carbocycles. The van der Waals surface area contributed by atoms with E-state index >= 15 is 0 Å². The summed E-state index contributed by atoms with van der Waals surface area (Å²) < 4.78 is 28.0. The number of aliphatic carboxylic acids is 1. The first-order valence-corrected chi connectivity index (χ1v) is 6.89. The van der Waals surface area contributed by atoms with E-state index < -0.39 is 19.6 Å². The lowest BCUT2D eigenvalue weighted by atomic mass is 10.4. The van der Waals surface area contributed by atoms with Crippen LogP contribution in [0, 0.1) is 0 Å². The highest BCUT2D eigenvalue weighted by atomic mass is 31.1. The van der Waals surface area contributed by atoms with Gasteiger partial charge in [-0.05, 0) is 10.6 Å². The van der Waals surface area contributed by atoms with Crippen LogP contribution in [0.4, 0.5) is 8.78 Å². The molecule has 2 nitrogen and oxygen atoms in total. The molecule has 19 heavy (non-hydrogen) atoms. The van der Waals surface area contributed by atoms with E-state index in [-0.39, 0.29) is 0 Å². The Morgan fingerprint density at radius 1 is 0.895 bits per heavy atom. The van der Waals surface area contributed by atoms with E-state index in [0.29, 0.717) is 10.6 Å². The smallest absolute Gasteiger partial charge is 0.379 e. The van der Waals surface area contributed by atoms with Crippen LogP contribution in [0.15, 0.2) is 60.7 Å². The molecule has 0 aromatic heterocycles. The fourth-order valence-electron chi connectivity index (χ4n) is 1.72. The molecule has 2 rings (SSSR count). The molecule has 0 atom stereocenters. The first kappa shape index (κ1) is 13.6. The molecule has 2 aromatic rings. The van der Waals surface area contributed by atoms with E-state index in [2.05, 4.69) is 0 Å². The minimum atomic E-state index is -3.79. The fourth-order valence-corrected chi connectivity index (χ4v) is 3.80. The van der Waals surface area contributed by atoms with Crippen molar-refractivity contribution >= 4 is 24.5 Å². The average molecular weight is 280 g/mol. The van der Waals surface area contributed by atoms with Crippen LogP contribution < -0.4 is 10.6 Å². The van der Waals surface area contributed by atoms with Crippen LogP contribution in [0.5, 0.6) is 0 Å². The summed E-state index contributed by atoms with van der Waals surface area (Å²) in [6.07, 6.45) is 0. The maximum absolute atomic E-state index is 14.0. The average Bonchev–Trinajstić information content (AvgIpc) is 2.41. The molecule has 1 N–H and O–H groups in total. The van der Waals surface area contributed by atoms with Gasteiger partial charge in [-0.15, -0.1) is 0 Å². The van der Waals surface area contributed by atoms with Crippen molar-refractivity contribution in [1.29, 1.82) is 0 Å². The SMILES string of the molecule is O=C(O)C(F)(F)P(c1ccccc1)c1ccccc1. The van der Waals surface area contributed by atoms with Crippen LogP contribution in [0.2, 0.25) is 0 Å². The Labute approximate surface area is 110 Å². The van der Waals surface area contributed by atoms with Crippen molar-refractivity contribution in [3.63, 3.8) is 0 Å². The Hall–Kier alpha value is -1.80. The molecular weight excluding hydrogens is 269 g/mol. The standard InChI is InChI=1S/C14H11F2O2P/c15-14(16,13(17)18)19(11-7-3-1-4-8-11)12-9-5-2-6-10-12/h1-10H,(H,17,18). The molecule has 98 valence electrons. The van der Waals surface area contributed by atoms with Crippen molar-refractivity contribution in [1.82, 2.24) is 0 Å². The van der Waals surface area contributed by atoms with Gasteiger partial charge in [-0.1, -0.05) is 60.7 Å². The van der Waals surface area contributed by atoms with Crippen LogP contribution in [-0.4, -0.2) is 16.7 Å². The summed E-state index contributed by atoms with van der Waals surface area (Å²) >= 11 is 0. The Balaban J connectivity index is 2.55. The minimum absolute atomic E-state index is 0.344. The minimum Gasteiger partial charge on any atom is -0.477 e. The predicted octanol–water partition coefficient (Wildman–Crippen LogP) is 2.80. The number of benzene rings is 2. The maximum atomic E-state index is 14.0. The van der Waals surface area contributed by atoms with Crippen LogP contribution in [-0.2, 0) is 4.79 Å². The highest BCUT2D eigenvalue weighted by molar-refractivity contribution is 7.74. The molecule has 0 unspecified atom stereocenters. The summed E-state index contributed by atoms with van der Waals surface area (Å²) in [5.74, 6) is -2.09. The molecule has 0 heterocycles. The van der Waals surface area contributed by atoms with E-state index in [1.807, 2.05) is 0 Å². The molecule has 5 heteroatoms. The van der Waals surface area contributed by atoms with E-state index in [0.717, 1.165) is 0 Å². The monoisotopic (exact) mass is 280 g/mol. The molecule has 0 radical (unpaired) electrons. The molecule has 0 fully saturated rings. The Morgan fingerprint density at radius 2 is 1.26 bits per heavy atom. The van der Waals surface area contributed by atoms with Crippen LogP contribution in [0.3, 0.4) is 0 Å². The maximum Gasteiger partial charge on any atom is 0.379 e. The van der Waals surface area contributed by atoms with Crippen LogP contribution in [0.25, 0.3) is 0 Å². The lowest BCUT2D eigenvalue weighted by Gasteiger charge is -2.24. The highest BCUT2D eigenvalue weighted by Gasteiger charge is 2.48. The lowest BCUT2D eigenvalue weighted by Crippen LogP contribution is -2.34. The third kappa shape index (κ3) is 2.79. The predicted molar refractivity (Wildman–Crippen MR) is 71.7 cm³/mol. The number of halogens is 2. The second kappa shape index (κ2) is 5.45. The van der Waals surface area contributed by atoms with Gasteiger partial charge in [0.25, 0.3) is 0 Å². The van der Waals surface area contributed by atoms with E-state index in [1.165, 1.54) is 24.3 Å². The molecule has 2 aromatic carbocycles. The number of carboxylic acids is 1. The van der Waals surface area contributed by atoms with Gasteiger partial charge in [0.05, 0.1) is 0 Å². The zero-order valence-corrected chi connectivity index (χ0v) is 10.7. The number of carboxylic acid groups (broad SMARTS) is 1. The Bertz CT molecular complexity index is 519. The zero-order chi connectivity index (χ0) is 13.9. The molecule has 0 amide bonds. The number of hydrogen-bond donors (Lipinski definition) is 1. The molecule has 0 spiro atoms. The van der Waals surface area contributed by atoms with E-state index in [1.54, 1.807) is 36.4 Å². The van der Waals surface area contributed by atoms with Crippen LogP contribution in [0.1, 0.15) is 0 Å². The summed E-state index contributed by atoms with van der Waals surface area (Å²) in [7, 11) is -2.27. The zero-order valence-electron chi connectivity index (χ0n) is 9.83. The summed E-state index contributed by atoms with van der Waals surface area (Å²) in [6.45, 7) is 0. The molecule has 0 aliphatic rings. The van der Waals surface area contributed by atoms with Gasteiger partial charge in [0, 0.05) is 7.92 Å². The van der Waals surface area contributed by atoms with Gasteiger partial charge in [0.15, 0.2) is 0 Å². The number of hydrogen-bond acceptors (Lipinski definition) is 1.